The molecule has 0 saturated carbocycles. The average molecular weight is 340 g/mol. The number of esters is 3. The molecule has 0 spiro atoms. The van der Waals surface area contributed by atoms with E-state index in [1.807, 2.05) is 0 Å². The molecule has 0 heterocycles. The van der Waals surface area contributed by atoms with Gasteiger partial charge in [0, 0.05) is 0 Å². The second-order valence-electron chi connectivity index (χ2n) is 4.80. The maximum absolute atomic E-state index is 12.6. The average Bonchev–Trinajstić information content (AvgIpc) is 2.66. The van der Waals surface area contributed by atoms with Gasteiger partial charge in [-0.25, -0.2) is 14.4 Å². The van der Waals surface area contributed by atoms with Crippen molar-refractivity contribution in [1.82, 2.24) is 0 Å². The van der Waals surface area contributed by atoms with Crippen LogP contribution in [0.2, 0.25) is 0 Å². The fourth-order valence-electron chi connectivity index (χ4n) is 2.11. The molecule has 0 N–H and O–H groups in total. The van der Waals surface area contributed by atoms with Crippen LogP contribution in [0.25, 0.3) is 5.57 Å². The van der Waals surface area contributed by atoms with Crippen molar-refractivity contribution in [3.8, 4) is 5.75 Å². The van der Waals surface area contributed by atoms with Crippen molar-refractivity contribution in [2.45, 2.75) is 0 Å². The van der Waals surface area contributed by atoms with Crippen LogP contribution in [0.15, 0.2) is 66.2 Å². The van der Waals surface area contributed by atoms with Crippen LogP contribution in [0.4, 0.5) is 0 Å². The first-order valence-corrected chi connectivity index (χ1v) is 7.32. The van der Waals surface area contributed by atoms with Crippen molar-refractivity contribution in [3.63, 3.8) is 0 Å². The molecule has 0 fully saturated rings. The van der Waals surface area contributed by atoms with Crippen LogP contribution in [0.3, 0.4) is 0 Å². The number of methoxy groups -OCH3 is 2. The third-order valence-corrected chi connectivity index (χ3v) is 3.25. The Labute approximate surface area is 144 Å². The fourth-order valence-corrected chi connectivity index (χ4v) is 2.11. The lowest BCUT2D eigenvalue weighted by Gasteiger charge is -2.12. The smallest absolute Gasteiger partial charge is 0.351 e. The highest BCUT2D eigenvalue weighted by Gasteiger charge is 2.31. The van der Waals surface area contributed by atoms with Crippen molar-refractivity contribution in [2.75, 3.05) is 14.2 Å². The largest absolute Gasteiger partial charge is 0.465 e. The highest BCUT2D eigenvalue weighted by Crippen LogP contribution is 2.23. The number of carbonyl (C=O) groups is 3. The van der Waals surface area contributed by atoms with E-state index in [0.29, 0.717) is 5.56 Å². The van der Waals surface area contributed by atoms with Crippen LogP contribution in [-0.4, -0.2) is 32.1 Å². The van der Waals surface area contributed by atoms with Crippen LogP contribution < -0.4 is 4.74 Å². The maximum Gasteiger partial charge on any atom is 0.351 e. The zero-order valence-corrected chi connectivity index (χ0v) is 13.7. The van der Waals surface area contributed by atoms with Gasteiger partial charge in [0.2, 0.25) is 0 Å². The summed E-state index contributed by atoms with van der Waals surface area (Å²) in [5, 5.41) is 0. The molecule has 0 bridgehead atoms. The van der Waals surface area contributed by atoms with Gasteiger partial charge in [0.1, 0.15) is 5.75 Å². The van der Waals surface area contributed by atoms with Gasteiger partial charge in [-0.2, -0.15) is 0 Å². The molecule has 0 unspecified atom stereocenters. The summed E-state index contributed by atoms with van der Waals surface area (Å²) in [4.78, 5) is 37.0. The second kappa shape index (κ2) is 8.44. The van der Waals surface area contributed by atoms with Gasteiger partial charge in [0.25, 0.3) is 0 Å². The molecule has 6 heteroatoms. The van der Waals surface area contributed by atoms with E-state index < -0.39 is 23.5 Å². The van der Waals surface area contributed by atoms with E-state index in [-0.39, 0.29) is 11.3 Å². The van der Waals surface area contributed by atoms with Crippen LogP contribution in [0, 0.1) is 0 Å². The molecule has 25 heavy (non-hydrogen) atoms. The molecule has 0 saturated heterocycles. The quantitative estimate of drug-likeness (QED) is 0.273. The van der Waals surface area contributed by atoms with Crippen molar-refractivity contribution in [3.05, 3.63) is 71.8 Å². The van der Waals surface area contributed by atoms with Gasteiger partial charge >= 0.3 is 17.9 Å². The second-order valence-corrected chi connectivity index (χ2v) is 4.80. The van der Waals surface area contributed by atoms with E-state index >= 15 is 0 Å². The Hall–Kier alpha value is -3.41. The molecule has 0 atom stereocenters. The van der Waals surface area contributed by atoms with Gasteiger partial charge in [0.05, 0.1) is 19.8 Å². The molecule has 2 aromatic rings. The predicted molar refractivity (Wildman–Crippen MR) is 89.5 cm³/mol. The number of para-hydroxylation sites is 1. The Morgan fingerprint density at radius 2 is 1.20 bits per heavy atom. The fraction of sp³-hybridized carbons (Fsp3) is 0.105. The Balaban J connectivity index is 2.58. The van der Waals surface area contributed by atoms with E-state index in [4.69, 9.17) is 9.47 Å². The summed E-state index contributed by atoms with van der Waals surface area (Å²) in [5.41, 5.74) is -0.431. The van der Waals surface area contributed by atoms with Gasteiger partial charge in [-0.3, -0.25) is 0 Å². The molecule has 6 nitrogen and oxygen atoms in total. The summed E-state index contributed by atoms with van der Waals surface area (Å²) in [6.45, 7) is 0. The Kier molecular flexibility index (Phi) is 6.06. The monoisotopic (exact) mass is 340 g/mol. The van der Waals surface area contributed by atoms with Crippen molar-refractivity contribution >= 4 is 23.5 Å². The number of rotatable bonds is 5. The van der Waals surface area contributed by atoms with E-state index in [2.05, 4.69) is 4.74 Å². The third kappa shape index (κ3) is 4.32. The van der Waals surface area contributed by atoms with E-state index in [1.165, 1.54) is 0 Å². The lowest BCUT2D eigenvalue weighted by molar-refractivity contribution is -0.142. The molecule has 0 aromatic heterocycles. The lowest BCUT2D eigenvalue weighted by atomic mass is 9.99. The highest BCUT2D eigenvalue weighted by atomic mass is 16.6. The first-order chi connectivity index (χ1) is 12.1. The zero-order valence-electron chi connectivity index (χ0n) is 13.7. The van der Waals surface area contributed by atoms with Crippen LogP contribution >= 0.6 is 0 Å². The summed E-state index contributed by atoms with van der Waals surface area (Å²) in [5.74, 6) is -2.63. The summed E-state index contributed by atoms with van der Waals surface area (Å²) < 4.78 is 14.6. The Morgan fingerprint density at radius 3 is 1.72 bits per heavy atom. The minimum absolute atomic E-state index is 0.226. The van der Waals surface area contributed by atoms with Gasteiger partial charge in [-0.05, 0) is 17.7 Å². The first-order valence-electron chi connectivity index (χ1n) is 7.32. The van der Waals surface area contributed by atoms with Crippen molar-refractivity contribution in [1.29, 1.82) is 0 Å². The highest BCUT2D eigenvalue weighted by molar-refractivity contribution is 6.32. The van der Waals surface area contributed by atoms with Crippen LogP contribution in [0.1, 0.15) is 5.56 Å². The van der Waals surface area contributed by atoms with Crippen molar-refractivity contribution < 1.29 is 28.6 Å². The molecule has 128 valence electrons. The molecule has 0 aliphatic heterocycles. The molecule has 0 radical (unpaired) electrons. The summed E-state index contributed by atoms with van der Waals surface area (Å²) in [7, 11) is 2.26. The lowest BCUT2D eigenvalue weighted by Crippen LogP contribution is -2.24. The summed E-state index contributed by atoms with van der Waals surface area (Å²) >= 11 is 0. The van der Waals surface area contributed by atoms with Gasteiger partial charge in [0.15, 0.2) is 5.57 Å². The number of hydrogen-bond acceptors (Lipinski definition) is 6. The molecule has 2 rings (SSSR count). The summed E-state index contributed by atoms with van der Waals surface area (Å²) in [6, 6.07) is 16.4. The number of carbonyl (C=O) groups excluding carboxylic acids is 3. The van der Waals surface area contributed by atoms with Crippen molar-refractivity contribution in [2.24, 2.45) is 0 Å². The SMILES string of the molecule is COC(=O)/C(C(=O)Oc1ccccc1)=C(\C(=O)OC)c1ccccc1. The first kappa shape index (κ1) is 17.9. The minimum Gasteiger partial charge on any atom is -0.465 e. The molecular weight excluding hydrogens is 324 g/mol. The maximum atomic E-state index is 12.6. The standard InChI is InChI=1S/C19H16O6/c1-23-17(20)15(13-9-5-3-6-10-13)16(18(21)24-2)19(22)25-14-11-7-4-8-12-14/h3-12H,1-2H3/b16-15+. The number of benzene rings is 2. The van der Waals surface area contributed by atoms with E-state index in [0.717, 1.165) is 14.2 Å². The van der Waals surface area contributed by atoms with Crippen LogP contribution in [-0.2, 0) is 23.9 Å². The van der Waals surface area contributed by atoms with Gasteiger partial charge in [-0.15, -0.1) is 0 Å². The Bertz CT molecular complexity index is 793. The minimum atomic E-state index is -1.01. The molecule has 0 aliphatic rings. The normalized spacial score (nSPS) is 11.1. The Morgan fingerprint density at radius 1 is 0.680 bits per heavy atom. The molecular formula is C19H16O6. The molecule has 0 aliphatic carbocycles. The van der Waals surface area contributed by atoms with Crippen LogP contribution in [0.5, 0.6) is 5.75 Å². The number of ether oxygens (including phenoxy) is 3. The third-order valence-electron chi connectivity index (χ3n) is 3.25. The predicted octanol–water partition coefficient (Wildman–Crippen LogP) is 2.39. The molecule has 0 amide bonds. The summed E-state index contributed by atoms with van der Waals surface area (Å²) in [6.07, 6.45) is 0. The zero-order chi connectivity index (χ0) is 18.2. The van der Waals surface area contributed by atoms with Gasteiger partial charge in [-0.1, -0.05) is 48.5 Å². The van der Waals surface area contributed by atoms with E-state index in [1.54, 1.807) is 60.7 Å². The molecule has 2 aromatic carbocycles. The topological polar surface area (TPSA) is 78.9 Å². The number of hydrogen-bond donors (Lipinski definition) is 0. The van der Waals surface area contributed by atoms with E-state index in [9.17, 15) is 14.4 Å². The van der Waals surface area contributed by atoms with Gasteiger partial charge < -0.3 is 14.2 Å².